The number of rotatable bonds is 4. The Morgan fingerprint density at radius 3 is 2.75 bits per heavy atom. The summed E-state index contributed by atoms with van der Waals surface area (Å²) >= 11 is 9.26. The Morgan fingerprint density at radius 1 is 1.25 bits per heavy atom. The summed E-state index contributed by atoms with van der Waals surface area (Å²) in [4.78, 5) is 11.8. The molecule has 0 aliphatic heterocycles. The van der Waals surface area contributed by atoms with Crippen molar-refractivity contribution in [2.24, 2.45) is 0 Å². The summed E-state index contributed by atoms with van der Waals surface area (Å²) in [7, 11) is 0. The van der Waals surface area contributed by atoms with E-state index in [-0.39, 0.29) is 12.5 Å². The van der Waals surface area contributed by atoms with Crippen LogP contribution in [-0.2, 0) is 4.79 Å². The molecule has 2 rings (SSSR count). The van der Waals surface area contributed by atoms with E-state index < -0.39 is 0 Å². The zero-order valence-electron chi connectivity index (χ0n) is 10.4. The van der Waals surface area contributed by atoms with E-state index in [1.807, 2.05) is 0 Å². The molecule has 0 aromatic heterocycles. The molecule has 0 saturated carbocycles. The minimum Gasteiger partial charge on any atom is -0.483 e. The van der Waals surface area contributed by atoms with Crippen molar-refractivity contribution in [1.29, 1.82) is 0 Å². The minimum absolute atomic E-state index is 0.132. The smallest absolute Gasteiger partial charge is 0.262 e. The van der Waals surface area contributed by atoms with Gasteiger partial charge in [0.1, 0.15) is 5.75 Å². The molecule has 0 radical (unpaired) electrons. The number of halogens is 2. The van der Waals surface area contributed by atoms with Gasteiger partial charge in [-0.15, -0.1) is 0 Å². The first kappa shape index (κ1) is 14.7. The number of carbonyl (C=O) groups is 1. The number of carbonyl (C=O) groups excluding carboxylic acids is 1. The summed E-state index contributed by atoms with van der Waals surface area (Å²) in [6.07, 6.45) is 0. The Balaban J connectivity index is 1.96. The van der Waals surface area contributed by atoms with Crippen LogP contribution in [0, 0.1) is 0 Å². The van der Waals surface area contributed by atoms with Crippen molar-refractivity contribution in [3.8, 4) is 5.75 Å². The molecule has 0 saturated heterocycles. The molecule has 0 atom stereocenters. The maximum Gasteiger partial charge on any atom is 0.262 e. The molecule has 3 N–H and O–H groups in total. The minimum atomic E-state index is -0.299. The van der Waals surface area contributed by atoms with Crippen LogP contribution < -0.4 is 15.8 Å². The first-order chi connectivity index (χ1) is 9.58. The molecular weight excluding hydrogens is 344 g/mol. The van der Waals surface area contributed by atoms with Crippen molar-refractivity contribution in [3.63, 3.8) is 0 Å². The molecule has 0 unspecified atom stereocenters. The molecule has 6 heteroatoms. The van der Waals surface area contributed by atoms with Gasteiger partial charge >= 0.3 is 0 Å². The van der Waals surface area contributed by atoms with Gasteiger partial charge in [-0.2, -0.15) is 0 Å². The van der Waals surface area contributed by atoms with Crippen LogP contribution >= 0.6 is 27.5 Å². The van der Waals surface area contributed by atoms with Crippen molar-refractivity contribution in [2.75, 3.05) is 17.7 Å². The third-order valence-corrected chi connectivity index (χ3v) is 3.68. The van der Waals surface area contributed by atoms with E-state index in [9.17, 15) is 4.79 Å². The Morgan fingerprint density at radius 2 is 2.00 bits per heavy atom. The highest BCUT2D eigenvalue weighted by Crippen LogP contribution is 2.30. The van der Waals surface area contributed by atoms with Crippen molar-refractivity contribution in [1.82, 2.24) is 0 Å². The van der Waals surface area contributed by atoms with Crippen molar-refractivity contribution in [2.45, 2.75) is 0 Å². The van der Waals surface area contributed by atoms with Crippen LogP contribution in [0.2, 0.25) is 5.02 Å². The Bertz CT molecular complexity index is 634. The molecule has 1 amide bonds. The second-order valence-corrected chi connectivity index (χ2v) is 5.18. The van der Waals surface area contributed by atoms with Crippen LogP contribution in [0.15, 0.2) is 46.9 Å². The average Bonchev–Trinajstić information content (AvgIpc) is 2.43. The van der Waals surface area contributed by atoms with Gasteiger partial charge in [0.05, 0.1) is 15.2 Å². The Hall–Kier alpha value is -1.72. The molecule has 2 aromatic carbocycles. The van der Waals surface area contributed by atoms with Gasteiger partial charge in [-0.3, -0.25) is 4.79 Å². The molecule has 0 aliphatic rings. The number of ether oxygens (including phenoxy) is 1. The van der Waals surface area contributed by atoms with Gasteiger partial charge in [-0.25, -0.2) is 0 Å². The maximum atomic E-state index is 11.8. The second kappa shape index (κ2) is 6.63. The van der Waals surface area contributed by atoms with Crippen molar-refractivity contribution < 1.29 is 9.53 Å². The van der Waals surface area contributed by atoms with Crippen LogP contribution in [0.25, 0.3) is 0 Å². The number of nitrogens with one attached hydrogen (secondary N) is 1. The number of para-hydroxylation sites is 1. The van der Waals surface area contributed by atoms with Crippen LogP contribution in [0.1, 0.15) is 0 Å². The number of anilines is 2. The van der Waals surface area contributed by atoms with Gasteiger partial charge in [0.2, 0.25) is 0 Å². The quantitative estimate of drug-likeness (QED) is 0.822. The highest BCUT2D eigenvalue weighted by atomic mass is 79.9. The molecule has 0 aliphatic carbocycles. The summed E-state index contributed by atoms with van der Waals surface area (Å²) < 4.78 is 6.04. The molecule has 0 fully saturated rings. The van der Waals surface area contributed by atoms with Gasteiger partial charge in [0.25, 0.3) is 5.91 Å². The fourth-order valence-electron chi connectivity index (χ4n) is 1.53. The Kier molecular flexibility index (Phi) is 4.87. The lowest BCUT2D eigenvalue weighted by molar-refractivity contribution is -0.118. The van der Waals surface area contributed by atoms with Gasteiger partial charge in [-0.05, 0) is 40.2 Å². The van der Waals surface area contributed by atoms with Gasteiger partial charge in [0, 0.05) is 5.69 Å². The lowest BCUT2D eigenvalue weighted by atomic mass is 10.3. The normalized spacial score (nSPS) is 10.1. The second-order valence-electron chi connectivity index (χ2n) is 3.98. The average molecular weight is 356 g/mol. The van der Waals surface area contributed by atoms with Crippen LogP contribution in [-0.4, -0.2) is 12.5 Å². The van der Waals surface area contributed by atoms with Crippen LogP contribution in [0.4, 0.5) is 11.4 Å². The van der Waals surface area contributed by atoms with Gasteiger partial charge < -0.3 is 15.8 Å². The summed E-state index contributed by atoms with van der Waals surface area (Å²) in [5, 5.41) is 3.15. The van der Waals surface area contributed by atoms with E-state index in [0.717, 1.165) is 0 Å². The third-order valence-electron chi connectivity index (χ3n) is 2.50. The van der Waals surface area contributed by atoms with E-state index in [4.69, 9.17) is 22.1 Å². The van der Waals surface area contributed by atoms with Gasteiger partial charge in [0.15, 0.2) is 6.61 Å². The lowest BCUT2D eigenvalue weighted by Gasteiger charge is -2.10. The first-order valence-electron chi connectivity index (χ1n) is 5.79. The zero-order chi connectivity index (χ0) is 14.5. The predicted octanol–water partition coefficient (Wildman–Crippen LogP) is 3.70. The summed E-state index contributed by atoms with van der Waals surface area (Å²) in [5.74, 6) is 0.215. The van der Waals surface area contributed by atoms with E-state index in [2.05, 4.69) is 21.2 Å². The number of hydrogen-bond donors (Lipinski definition) is 2. The monoisotopic (exact) mass is 354 g/mol. The van der Waals surface area contributed by atoms with Crippen LogP contribution in [0.3, 0.4) is 0 Å². The van der Waals surface area contributed by atoms with E-state index in [1.54, 1.807) is 42.5 Å². The molecule has 0 spiro atoms. The maximum absolute atomic E-state index is 11.8. The predicted molar refractivity (Wildman–Crippen MR) is 84.1 cm³/mol. The first-order valence-corrected chi connectivity index (χ1v) is 6.96. The highest BCUT2D eigenvalue weighted by Gasteiger charge is 2.09. The van der Waals surface area contributed by atoms with E-state index in [1.165, 1.54) is 0 Å². The molecular formula is C14H12BrClN2O2. The van der Waals surface area contributed by atoms with Crippen molar-refractivity contribution in [3.05, 3.63) is 52.0 Å². The summed E-state index contributed by atoms with van der Waals surface area (Å²) in [6.45, 7) is -0.132. The number of nitrogens with two attached hydrogens (primary N) is 1. The standard InChI is InChI=1S/C14H12BrClN2O2/c15-14-10(17)5-3-7-12(14)20-8-13(19)18-11-6-2-1-4-9(11)16/h1-7H,8,17H2,(H,18,19). The lowest BCUT2D eigenvalue weighted by Crippen LogP contribution is -2.20. The number of amides is 1. The van der Waals surface area contributed by atoms with Crippen molar-refractivity contribution >= 4 is 44.8 Å². The largest absolute Gasteiger partial charge is 0.483 e. The SMILES string of the molecule is Nc1cccc(OCC(=O)Nc2ccccc2Cl)c1Br. The number of benzene rings is 2. The Labute approximate surface area is 130 Å². The summed E-state index contributed by atoms with van der Waals surface area (Å²) in [5.41, 5.74) is 6.83. The highest BCUT2D eigenvalue weighted by molar-refractivity contribution is 9.10. The fourth-order valence-corrected chi connectivity index (χ4v) is 2.09. The zero-order valence-corrected chi connectivity index (χ0v) is 12.7. The fraction of sp³-hybridized carbons (Fsp3) is 0.0714. The van der Waals surface area contributed by atoms with Crippen LogP contribution in [0.5, 0.6) is 5.75 Å². The molecule has 2 aromatic rings. The molecule has 4 nitrogen and oxygen atoms in total. The topological polar surface area (TPSA) is 64.3 Å². The molecule has 0 bridgehead atoms. The van der Waals surface area contributed by atoms with Gasteiger partial charge in [-0.1, -0.05) is 29.8 Å². The third kappa shape index (κ3) is 3.65. The summed E-state index contributed by atoms with van der Waals surface area (Å²) in [6, 6.07) is 12.2. The van der Waals surface area contributed by atoms with E-state index in [0.29, 0.717) is 26.6 Å². The van der Waals surface area contributed by atoms with E-state index >= 15 is 0 Å². The molecule has 0 heterocycles. The number of hydrogen-bond acceptors (Lipinski definition) is 3. The molecule has 20 heavy (non-hydrogen) atoms. The molecule has 104 valence electrons. The number of nitrogen functional groups attached to an aromatic ring is 1.